The van der Waals surface area contributed by atoms with Gasteiger partial charge in [-0.3, -0.25) is 4.99 Å². The van der Waals surface area contributed by atoms with Gasteiger partial charge in [0, 0.05) is 32.9 Å². The van der Waals surface area contributed by atoms with Crippen LogP contribution in [0.3, 0.4) is 0 Å². The Balaban J connectivity index is 1.63. The summed E-state index contributed by atoms with van der Waals surface area (Å²) in [5, 5.41) is 7.29. The van der Waals surface area contributed by atoms with Gasteiger partial charge in [0.15, 0.2) is 5.96 Å². The van der Waals surface area contributed by atoms with E-state index in [-0.39, 0.29) is 0 Å². The molecule has 0 saturated carbocycles. The molecule has 1 fully saturated rings. The van der Waals surface area contributed by atoms with E-state index in [1.165, 1.54) is 38.0 Å². The maximum Gasteiger partial charge on any atom is 0.190 e. The molecule has 23 heavy (non-hydrogen) atoms. The first-order valence-corrected chi connectivity index (χ1v) is 8.82. The van der Waals surface area contributed by atoms with Crippen molar-refractivity contribution in [1.29, 1.82) is 0 Å². The minimum atomic E-state index is 0.533. The van der Waals surface area contributed by atoms with E-state index in [1.54, 1.807) is 0 Å². The van der Waals surface area contributed by atoms with E-state index in [4.69, 9.17) is 11.6 Å². The van der Waals surface area contributed by atoms with Gasteiger partial charge in [-0.2, -0.15) is 0 Å². The molecule has 2 rings (SSSR count). The van der Waals surface area contributed by atoms with E-state index in [0.29, 0.717) is 11.1 Å². The molecule has 1 atom stereocenters. The van der Waals surface area contributed by atoms with Crippen LogP contribution in [0.4, 0.5) is 0 Å². The molecule has 0 radical (unpaired) electrons. The summed E-state index contributed by atoms with van der Waals surface area (Å²) in [6.45, 7) is 7.74. The predicted molar refractivity (Wildman–Crippen MR) is 97.2 cm³/mol. The normalized spacial score (nSPS) is 17.3. The summed E-state index contributed by atoms with van der Waals surface area (Å²) in [5.41, 5.74) is 1.17. The van der Waals surface area contributed by atoms with Gasteiger partial charge < -0.3 is 15.5 Å². The van der Waals surface area contributed by atoms with Crippen LogP contribution in [-0.2, 0) is 6.42 Å². The van der Waals surface area contributed by atoms with Crippen LogP contribution in [0.15, 0.2) is 23.3 Å². The second-order valence-corrected chi connectivity index (χ2v) is 6.62. The highest BCUT2D eigenvalue weighted by Gasteiger charge is 2.14. The lowest BCUT2D eigenvalue weighted by Crippen LogP contribution is -2.42. The maximum absolute atomic E-state index is 5.79. The number of hydrogen-bond acceptors (Lipinski definition) is 3. The van der Waals surface area contributed by atoms with Gasteiger partial charge in [-0.25, -0.2) is 4.98 Å². The summed E-state index contributed by atoms with van der Waals surface area (Å²) in [6.07, 6.45) is 5.42. The van der Waals surface area contributed by atoms with E-state index in [1.807, 2.05) is 25.4 Å². The molecule has 1 aliphatic heterocycles. The molecule has 1 aromatic rings. The molecule has 0 amide bonds. The van der Waals surface area contributed by atoms with Crippen molar-refractivity contribution in [1.82, 2.24) is 20.5 Å². The van der Waals surface area contributed by atoms with E-state index in [0.717, 1.165) is 25.5 Å². The van der Waals surface area contributed by atoms with Gasteiger partial charge in [-0.1, -0.05) is 24.6 Å². The second-order valence-electron chi connectivity index (χ2n) is 6.23. The van der Waals surface area contributed by atoms with Gasteiger partial charge in [-0.05, 0) is 49.9 Å². The van der Waals surface area contributed by atoms with Crippen molar-refractivity contribution >= 4 is 17.6 Å². The maximum atomic E-state index is 5.79. The number of likely N-dealkylation sites (tertiary alicyclic amines) is 1. The summed E-state index contributed by atoms with van der Waals surface area (Å²) in [5.74, 6) is 1.48. The van der Waals surface area contributed by atoms with Gasteiger partial charge in [0.1, 0.15) is 5.15 Å². The molecule has 0 aromatic carbocycles. The third-order valence-electron chi connectivity index (χ3n) is 4.10. The van der Waals surface area contributed by atoms with Gasteiger partial charge in [0.2, 0.25) is 0 Å². The number of nitrogens with one attached hydrogen (secondary N) is 2. The van der Waals surface area contributed by atoms with Crippen molar-refractivity contribution in [3.63, 3.8) is 0 Å². The fourth-order valence-corrected chi connectivity index (χ4v) is 2.95. The molecule has 1 saturated heterocycles. The Bertz CT molecular complexity index is 482. The molecule has 6 heteroatoms. The molecule has 0 spiro atoms. The highest BCUT2D eigenvalue weighted by molar-refractivity contribution is 6.29. The molecule has 1 unspecified atom stereocenters. The van der Waals surface area contributed by atoms with Crippen molar-refractivity contribution in [2.24, 2.45) is 10.9 Å². The molecular formula is C17H28ClN5. The van der Waals surface area contributed by atoms with Crippen LogP contribution in [0.5, 0.6) is 0 Å². The van der Waals surface area contributed by atoms with Gasteiger partial charge in [0.05, 0.1) is 0 Å². The predicted octanol–water partition coefficient (Wildman–Crippen LogP) is 2.17. The smallest absolute Gasteiger partial charge is 0.190 e. The lowest BCUT2D eigenvalue weighted by molar-refractivity contribution is 0.287. The van der Waals surface area contributed by atoms with Crippen molar-refractivity contribution < 1.29 is 0 Å². The van der Waals surface area contributed by atoms with Crippen LogP contribution in [0.25, 0.3) is 0 Å². The van der Waals surface area contributed by atoms with Crippen LogP contribution < -0.4 is 10.6 Å². The van der Waals surface area contributed by atoms with E-state index < -0.39 is 0 Å². The molecule has 1 aliphatic rings. The minimum absolute atomic E-state index is 0.533. The second kappa shape index (κ2) is 9.73. The first-order valence-electron chi connectivity index (χ1n) is 8.44. The monoisotopic (exact) mass is 337 g/mol. The molecule has 1 aromatic heterocycles. The number of hydrogen-bond donors (Lipinski definition) is 2. The topological polar surface area (TPSA) is 52.6 Å². The summed E-state index contributed by atoms with van der Waals surface area (Å²) in [6, 6.07) is 3.83. The van der Waals surface area contributed by atoms with Crippen molar-refractivity contribution in [3.05, 3.63) is 29.0 Å². The molecular weight excluding hydrogens is 310 g/mol. The minimum Gasteiger partial charge on any atom is -0.356 e. The number of aromatic nitrogens is 1. The number of rotatable bonds is 7. The Kier molecular flexibility index (Phi) is 7.62. The van der Waals surface area contributed by atoms with E-state index in [2.05, 4.69) is 32.4 Å². The Hall–Kier alpha value is -1.33. The Morgan fingerprint density at radius 3 is 2.78 bits per heavy atom. The Morgan fingerprint density at radius 1 is 1.35 bits per heavy atom. The summed E-state index contributed by atoms with van der Waals surface area (Å²) in [4.78, 5) is 10.9. The first kappa shape index (κ1) is 18.0. The van der Waals surface area contributed by atoms with Crippen LogP contribution in [0.1, 0.15) is 25.3 Å². The van der Waals surface area contributed by atoms with Crippen LogP contribution in [-0.4, -0.2) is 55.6 Å². The molecule has 2 heterocycles. The van der Waals surface area contributed by atoms with Crippen molar-refractivity contribution in [2.45, 2.75) is 26.2 Å². The van der Waals surface area contributed by atoms with Gasteiger partial charge in [-0.15, -0.1) is 0 Å². The highest BCUT2D eigenvalue weighted by Crippen LogP contribution is 2.09. The van der Waals surface area contributed by atoms with Crippen molar-refractivity contribution in [3.8, 4) is 0 Å². The first-order chi connectivity index (χ1) is 11.2. The largest absolute Gasteiger partial charge is 0.356 e. The third kappa shape index (κ3) is 6.75. The highest BCUT2D eigenvalue weighted by atomic mass is 35.5. The fraction of sp³-hybridized carbons (Fsp3) is 0.647. The fourth-order valence-electron chi connectivity index (χ4n) is 2.84. The zero-order valence-corrected chi connectivity index (χ0v) is 14.9. The summed E-state index contributed by atoms with van der Waals surface area (Å²) >= 11 is 5.79. The molecule has 5 nitrogen and oxygen atoms in total. The van der Waals surface area contributed by atoms with Crippen LogP contribution >= 0.6 is 11.6 Å². The van der Waals surface area contributed by atoms with Crippen molar-refractivity contribution in [2.75, 3.05) is 39.8 Å². The van der Waals surface area contributed by atoms with Gasteiger partial charge >= 0.3 is 0 Å². The average Bonchev–Trinajstić information content (AvgIpc) is 3.05. The summed E-state index contributed by atoms with van der Waals surface area (Å²) < 4.78 is 0. The summed E-state index contributed by atoms with van der Waals surface area (Å²) in [7, 11) is 1.81. The molecule has 0 bridgehead atoms. The van der Waals surface area contributed by atoms with Crippen LogP contribution in [0.2, 0.25) is 5.15 Å². The third-order valence-corrected chi connectivity index (χ3v) is 4.33. The number of pyridine rings is 1. The van der Waals surface area contributed by atoms with E-state index in [9.17, 15) is 0 Å². The number of guanidine groups is 1. The lowest BCUT2D eigenvalue weighted by atomic mass is 10.1. The van der Waals surface area contributed by atoms with E-state index >= 15 is 0 Å². The Morgan fingerprint density at radius 2 is 2.13 bits per heavy atom. The lowest BCUT2D eigenvalue weighted by Gasteiger charge is -2.21. The number of aliphatic imine (C=N–C) groups is 1. The quantitative estimate of drug-likeness (QED) is 0.455. The molecule has 0 aliphatic carbocycles. The standard InChI is InChI=1S/C17H28ClN5/c1-14(13-23-9-3-4-10-23)11-22-17(19-2)20-8-7-15-5-6-16(18)21-12-15/h5-6,12,14H,3-4,7-11,13H2,1-2H3,(H2,19,20,22). The molecule has 128 valence electrons. The van der Waals surface area contributed by atoms with Gasteiger partial charge in [0.25, 0.3) is 0 Å². The molecule has 2 N–H and O–H groups in total. The zero-order valence-electron chi connectivity index (χ0n) is 14.2. The van der Waals surface area contributed by atoms with Crippen LogP contribution in [0, 0.1) is 5.92 Å². The number of halogens is 1. The Labute approximate surface area is 144 Å². The SMILES string of the molecule is CN=C(NCCc1ccc(Cl)nc1)NCC(C)CN1CCCC1. The zero-order chi connectivity index (χ0) is 16.5. The average molecular weight is 338 g/mol. The number of nitrogens with zero attached hydrogens (tertiary/aromatic N) is 3.